The quantitative estimate of drug-likeness (QED) is 0.550. The minimum atomic E-state index is -3.06. The number of alkyl halides is 2. The van der Waals surface area contributed by atoms with Gasteiger partial charge in [-0.3, -0.25) is 19.3 Å². The van der Waals surface area contributed by atoms with E-state index in [-0.39, 0.29) is 30.2 Å². The maximum atomic E-state index is 12.7. The standard InChI is InChI=1S/C23H20F2N2O5S/c1-31-17-9-5-8-16(20(17)32-22(24)25)10-11-19(28)26-12-13-27-21(29)18(33-23(27)30)14-15-6-3-2-4-7-15/h2-11,14,22H,12-13H2,1H3,(H,26,28)/b11-10+,18-14+. The molecule has 172 valence electrons. The summed E-state index contributed by atoms with van der Waals surface area (Å²) in [6.45, 7) is -3.04. The minimum absolute atomic E-state index is 0.00468. The van der Waals surface area contributed by atoms with Crippen molar-refractivity contribution in [3.05, 3.63) is 70.6 Å². The maximum absolute atomic E-state index is 12.7. The average molecular weight is 474 g/mol. The second-order valence-electron chi connectivity index (χ2n) is 6.63. The number of rotatable bonds is 9. The molecule has 1 aliphatic rings. The monoisotopic (exact) mass is 474 g/mol. The molecule has 33 heavy (non-hydrogen) atoms. The van der Waals surface area contributed by atoms with E-state index in [9.17, 15) is 23.2 Å². The van der Waals surface area contributed by atoms with Crippen molar-refractivity contribution in [2.45, 2.75) is 6.61 Å². The van der Waals surface area contributed by atoms with E-state index in [0.717, 1.165) is 28.3 Å². The second-order valence-corrected chi connectivity index (χ2v) is 7.62. The van der Waals surface area contributed by atoms with Crippen LogP contribution in [0.3, 0.4) is 0 Å². The molecule has 0 bridgehead atoms. The number of carbonyl (C=O) groups is 3. The van der Waals surface area contributed by atoms with Crippen LogP contribution in [0.4, 0.5) is 13.6 Å². The van der Waals surface area contributed by atoms with E-state index < -0.39 is 23.7 Å². The molecule has 0 aromatic heterocycles. The van der Waals surface area contributed by atoms with Gasteiger partial charge in [0.2, 0.25) is 5.91 Å². The largest absolute Gasteiger partial charge is 0.493 e. The number of methoxy groups -OCH3 is 1. The topological polar surface area (TPSA) is 84.9 Å². The van der Waals surface area contributed by atoms with Gasteiger partial charge in [0.15, 0.2) is 11.5 Å². The van der Waals surface area contributed by atoms with Crippen LogP contribution in [-0.4, -0.2) is 48.8 Å². The normalized spacial score (nSPS) is 15.0. The summed E-state index contributed by atoms with van der Waals surface area (Å²) >= 11 is 0.838. The van der Waals surface area contributed by atoms with Crippen LogP contribution >= 0.6 is 11.8 Å². The van der Waals surface area contributed by atoms with E-state index in [1.165, 1.54) is 25.3 Å². The third-order valence-electron chi connectivity index (χ3n) is 4.46. The Hall–Kier alpha value is -3.66. The van der Waals surface area contributed by atoms with Crippen molar-refractivity contribution in [2.75, 3.05) is 20.2 Å². The number of benzene rings is 2. The molecule has 1 heterocycles. The van der Waals surface area contributed by atoms with Gasteiger partial charge in [0, 0.05) is 24.7 Å². The summed E-state index contributed by atoms with van der Waals surface area (Å²) in [5.41, 5.74) is 1.02. The number of nitrogens with zero attached hydrogens (tertiary/aromatic N) is 1. The first-order valence-corrected chi connectivity index (χ1v) is 10.6. The lowest BCUT2D eigenvalue weighted by molar-refractivity contribution is -0.123. The second kappa shape index (κ2) is 11.3. The number of nitrogens with one attached hydrogen (secondary N) is 1. The molecule has 1 aliphatic heterocycles. The molecule has 3 amide bonds. The van der Waals surface area contributed by atoms with Gasteiger partial charge < -0.3 is 14.8 Å². The molecule has 0 unspecified atom stereocenters. The van der Waals surface area contributed by atoms with Crippen LogP contribution in [0.5, 0.6) is 11.5 Å². The molecular weight excluding hydrogens is 454 g/mol. The Balaban J connectivity index is 1.57. The van der Waals surface area contributed by atoms with Crippen LogP contribution < -0.4 is 14.8 Å². The number of halogens is 2. The molecule has 0 atom stereocenters. The van der Waals surface area contributed by atoms with E-state index >= 15 is 0 Å². The Morgan fingerprint density at radius 3 is 2.61 bits per heavy atom. The summed E-state index contributed by atoms with van der Waals surface area (Å²) in [5.74, 6) is -1.06. The van der Waals surface area contributed by atoms with Gasteiger partial charge in [0.05, 0.1) is 12.0 Å². The molecule has 10 heteroatoms. The summed E-state index contributed by atoms with van der Waals surface area (Å²) in [6, 6.07) is 13.7. The summed E-state index contributed by atoms with van der Waals surface area (Å²) in [4.78, 5) is 38.2. The Morgan fingerprint density at radius 2 is 1.91 bits per heavy atom. The highest BCUT2D eigenvalue weighted by Crippen LogP contribution is 2.33. The molecular formula is C23H20F2N2O5S. The van der Waals surface area contributed by atoms with Crippen LogP contribution in [0.15, 0.2) is 59.5 Å². The molecule has 2 aromatic carbocycles. The van der Waals surface area contributed by atoms with Crippen molar-refractivity contribution in [1.29, 1.82) is 0 Å². The van der Waals surface area contributed by atoms with Crippen LogP contribution in [0.25, 0.3) is 12.2 Å². The number of imide groups is 1. The van der Waals surface area contributed by atoms with Crippen LogP contribution in [0.2, 0.25) is 0 Å². The van der Waals surface area contributed by atoms with Crippen LogP contribution in [0.1, 0.15) is 11.1 Å². The zero-order valence-corrected chi connectivity index (χ0v) is 18.3. The van der Waals surface area contributed by atoms with Gasteiger partial charge in [0.25, 0.3) is 11.1 Å². The summed E-state index contributed by atoms with van der Waals surface area (Å²) in [6.07, 6.45) is 4.08. The molecule has 0 radical (unpaired) electrons. The zero-order valence-electron chi connectivity index (χ0n) is 17.5. The van der Waals surface area contributed by atoms with Crippen molar-refractivity contribution in [3.8, 4) is 11.5 Å². The molecule has 3 rings (SSSR count). The number of hydrogen-bond donors (Lipinski definition) is 1. The SMILES string of the molecule is COc1cccc(/C=C/C(=O)NCCN2C(=O)S/C(=C/c3ccccc3)C2=O)c1OC(F)F. The summed E-state index contributed by atoms with van der Waals surface area (Å²) < 4.78 is 34.9. The van der Waals surface area contributed by atoms with Gasteiger partial charge in [-0.1, -0.05) is 42.5 Å². The minimum Gasteiger partial charge on any atom is -0.493 e. The number of para-hydroxylation sites is 1. The van der Waals surface area contributed by atoms with Crippen molar-refractivity contribution >= 4 is 41.0 Å². The summed E-state index contributed by atoms with van der Waals surface area (Å²) in [5, 5.41) is 2.13. The van der Waals surface area contributed by atoms with Gasteiger partial charge in [0.1, 0.15) is 0 Å². The lowest BCUT2D eigenvalue weighted by Crippen LogP contribution is -2.36. The number of amides is 3. The smallest absolute Gasteiger partial charge is 0.387 e. The van der Waals surface area contributed by atoms with E-state index in [0.29, 0.717) is 4.91 Å². The number of hydrogen-bond acceptors (Lipinski definition) is 6. The van der Waals surface area contributed by atoms with Gasteiger partial charge in [-0.2, -0.15) is 8.78 Å². The maximum Gasteiger partial charge on any atom is 0.387 e. The van der Waals surface area contributed by atoms with Gasteiger partial charge in [-0.25, -0.2) is 0 Å². The molecule has 0 spiro atoms. The van der Waals surface area contributed by atoms with Gasteiger partial charge in [-0.05, 0) is 35.5 Å². The fourth-order valence-corrected chi connectivity index (χ4v) is 3.81. The molecule has 1 N–H and O–H groups in total. The Morgan fingerprint density at radius 1 is 1.15 bits per heavy atom. The van der Waals surface area contributed by atoms with Crippen molar-refractivity contribution in [3.63, 3.8) is 0 Å². The first-order valence-electron chi connectivity index (χ1n) is 9.77. The first kappa shape index (κ1) is 24.0. The lowest BCUT2D eigenvalue weighted by atomic mass is 10.1. The molecule has 0 saturated carbocycles. The number of thioether (sulfide) groups is 1. The number of carbonyl (C=O) groups excluding carboxylic acids is 3. The van der Waals surface area contributed by atoms with Crippen molar-refractivity contribution < 1.29 is 32.6 Å². The zero-order chi connectivity index (χ0) is 23.8. The Kier molecular flexibility index (Phi) is 8.20. The third kappa shape index (κ3) is 6.42. The Bertz CT molecular complexity index is 1090. The van der Waals surface area contributed by atoms with E-state index in [4.69, 9.17) is 4.74 Å². The average Bonchev–Trinajstić information content (AvgIpc) is 3.06. The lowest BCUT2D eigenvalue weighted by Gasteiger charge is -2.13. The summed E-state index contributed by atoms with van der Waals surface area (Å²) in [7, 11) is 1.31. The van der Waals surface area contributed by atoms with Crippen molar-refractivity contribution in [2.24, 2.45) is 0 Å². The third-order valence-corrected chi connectivity index (χ3v) is 5.36. The fourth-order valence-electron chi connectivity index (χ4n) is 2.95. The highest BCUT2D eigenvalue weighted by atomic mass is 32.2. The molecule has 1 fully saturated rings. The van der Waals surface area contributed by atoms with E-state index in [1.807, 2.05) is 30.3 Å². The molecule has 1 saturated heterocycles. The van der Waals surface area contributed by atoms with E-state index in [2.05, 4.69) is 10.1 Å². The molecule has 7 nitrogen and oxygen atoms in total. The number of ether oxygens (including phenoxy) is 2. The van der Waals surface area contributed by atoms with Gasteiger partial charge >= 0.3 is 6.61 Å². The Labute approximate surface area is 193 Å². The van der Waals surface area contributed by atoms with Crippen LogP contribution in [-0.2, 0) is 9.59 Å². The fraction of sp³-hybridized carbons (Fsp3) is 0.174. The molecule has 0 aliphatic carbocycles. The van der Waals surface area contributed by atoms with Crippen LogP contribution in [0, 0.1) is 0 Å². The predicted molar refractivity (Wildman–Crippen MR) is 121 cm³/mol. The predicted octanol–water partition coefficient (Wildman–Crippen LogP) is 4.16. The van der Waals surface area contributed by atoms with Gasteiger partial charge in [-0.15, -0.1) is 0 Å². The highest BCUT2D eigenvalue weighted by Gasteiger charge is 2.34. The van der Waals surface area contributed by atoms with E-state index in [1.54, 1.807) is 12.1 Å². The van der Waals surface area contributed by atoms with Crippen molar-refractivity contribution in [1.82, 2.24) is 10.2 Å². The highest BCUT2D eigenvalue weighted by molar-refractivity contribution is 8.18. The molecule has 2 aromatic rings. The first-order chi connectivity index (χ1) is 15.9.